The van der Waals surface area contributed by atoms with E-state index in [4.69, 9.17) is 4.98 Å². The topological polar surface area (TPSA) is 45.8 Å². The maximum Gasteiger partial charge on any atom is 0.258 e. The molecule has 0 saturated carbocycles. The fourth-order valence-corrected chi connectivity index (χ4v) is 2.89. The van der Waals surface area contributed by atoms with Crippen molar-refractivity contribution in [2.75, 3.05) is 0 Å². The molecule has 3 nitrogen and oxygen atoms in total. The highest BCUT2D eigenvalue weighted by molar-refractivity contribution is 9.10. The van der Waals surface area contributed by atoms with E-state index in [-0.39, 0.29) is 5.56 Å². The van der Waals surface area contributed by atoms with Crippen LogP contribution >= 0.6 is 15.9 Å². The monoisotopic (exact) mass is 330 g/mol. The second-order valence-corrected chi connectivity index (χ2v) is 5.98. The summed E-state index contributed by atoms with van der Waals surface area (Å²) in [5.41, 5.74) is 1.73. The van der Waals surface area contributed by atoms with E-state index in [9.17, 15) is 4.79 Å². The fourth-order valence-electron chi connectivity index (χ4n) is 2.53. The highest BCUT2D eigenvalue weighted by atomic mass is 79.9. The quantitative estimate of drug-likeness (QED) is 0.710. The molecule has 102 valence electrons. The number of rotatable bonds is 2. The molecule has 3 rings (SSSR count). The Kier molecular flexibility index (Phi) is 3.34. The third-order valence-corrected chi connectivity index (χ3v) is 4.28. The molecular formula is C16H15BrN2O. The van der Waals surface area contributed by atoms with Gasteiger partial charge in [-0.1, -0.05) is 35.8 Å². The highest BCUT2D eigenvalue weighted by Gasteiger charge is 2.14. The zero-order valence-corrected chi connectivity index (χ0v) is 13.0. The SMILES string of the molecule is CCC(C)c1nc2cc[nH]c(=O)c2c2cc(Br)ccc12. The van der Waals surface area contributed by atoms with Crippen LogP contribution in [0.2, 0.25) is 0 Å². The summed E-state index contributed by atoms with van der Waals surface area (Å²) in [7, 11) is 0. The van der Waals surface area contributed by atoms with E-state index in [0.717, 1.165) is 32.9 Å². The normalized spacial score (nSPS) is 12.9. The summed E-state index contributed by atoms with van der Waals surface area (Å²) >= 11 is 3.49. The van der Waals surface area contributed by atoms with Crippen LogP contribution in [-0.2, 0) is 0 Å². The van der Waals surface area contributed by atoms with Gasteiger partial charge in [-0.3, -0.25) is 9.78 Å². The number of nitrogens with zero attached hydrogens (tertiary/aromatic N) is 1. The van der Waals surface area contributed by atoms with Gasteiger partial charge in [-0.25, -0.2) is 0 Å². The molecule has 0 amide bonds. The van der Waals surface area contributed by atoms with Crippen molar-refractivity contribution in [2.45, 2.75) is 26.2 Å². The lowest BCUT2D eigenvalue weighted by molar-refractivity contribution is 0.719. The van der Waals surface area contributed by atoms with E-state index in [1.807, 2.05) is 24.3 Å². The predicted octanol–water partition coefficient (Wildman–Crippen LogP) is 4.35. The van der Waals surface area contributed by atoms with Crippen LogP contribution in [0.15, 0.2) is 39.7 Å². The molecule has 0 saturated heterocycles. The van der Waals surface area contributed by atoms with E-state index >= 15 is 0 Å². The lowest BCUT2D eigenvalue weighted by Crippen LogP contribution is -2.08. The Morgan fingerprint density at radius 1 is 1.30 bits per heavy atom. The standard InChI is InChI=1S/C16H15BrN2O/c1-3-9(2)15-11-5-4-10(17)8-12(11)14-13(19-15)6-7-18-16(14)20/h4-9H,3H2,1-2H3,(H,18,20). The molecule has 0 radical (unpaired) electrons. The van der Waals surface area contributed by atoms with Gasteiger partial charge in [0.25, 0.3) is 5.56 Å². The van der Waals surface area contributed by atoms with E-state index in [0.29, 0.717) is 11.3 Å². The number of aromatic amines is 1. The van der Waals surface area contributed by atoms with Gasteiger partial charge >= 0.3 is 0 Å². The molecule has 20 heavy (non-hydrogen) atoms. The first kappa shape index (κ1) is 13.3. The van der Waals surface area contributed by atoms with Crippen molar-refractivity contribution >= 4 is 37.6 Å². The molecule has 0 bridgehead atoms. The van der Waals surface area contributed by atoms with Crippen LogP contribution in [0, 0.1) is 0 Å². The van der Waals surface area contributed by atoms with E-state index < -0.39 is 0 Å². The van der Waals surface area contributed by atoms with Gasteiger partial charge in [0.05, 0.1) is 16.6 Å². The Balaban J connectivity index is 2.56. The molecule has 0 aliphatic heterocycles. The minimum Gasteiger partial charge on any atom is -0.328 e. The van der Waals surface area contributed by atoms with E-state index in [2.05, 4.69) is 34.8 Å². The van der Waals surface area contributed by atoms with Crippen molar-refractivity contribution in [2.24, 2.45) is 0 Å². The molecule has 2 aromatic heterocycles. The summed E-state index contributed by atoms with van der Waals surface area (Å²) in [5.74, 6) is 0.363. The summed E-state index contributed by atoms with van der Waals surface area (Å²) in [6, 6.07) is 7.90. The van der Waals surface area contributed by atoms with Crippen LogP contribution in [0.5, 0.6) is 0 Å². The van der Waals surface area contributed by atoms with E-state index in [1.165, 1.54) is 0 Å². The molecule has 3 aromatic rings. The smallest absolute Gasteiger partial charge is 0.258 e. The second kappa shape index (κ2) is 5.02. The van der Waals surface area contributed by atoms with Crippen molar-refractivity contribution in [3.05, 3.63) is 51.0 Å². The van der Waals surface area contributed by atoms with Crippen LogP contribution < -0.4 is 5.56 Å². The van der Waals surface area contributed by atoms with Crippen LogP contribution in [0.4, 0.5) is 0 Å². The largest absolute Gasteiger partial charge is 0.328 e. The number of hydrogen-bond donors (Lipinski definition) is 1. The molecule has 0 spiro atoms. The lowest BCUT2D eigenvalue weighted by Gasteiger charge is -2.13. The second-order valence-electron chi connectivity index (χ2n) is 5.06. The van der Waals surface area contributed by atoms with Gasteiger partial charge in [-0.05, 0) is 35.9 Å². The summed E-state index contributed by atoms with van der Waals surface area (Å²) in [6.07, 6.45) is 2.68. The third kappa shape index (κ3) is 2.04. The maximum absolute atomic E-state index is 12.1. The van der Waals surface area contributed by atoms with Crippen molar-refractivity contribution in [3.8, 4) is 0 Å². The minimum atomic E-state index is -0.0891. The Morgan fingerprint density at radius 3 is 2.85 bits per heavy atom. The molecule has 1 N–H and O–H groups in total. The Labute approximate surface area is 125 Å². The number of hydrogen-bond acceptors (Lipinski definition) is 2. The molecule has 2 heterocycles. The van der Waals surface area contributed by atoms with Crippen LogP contribution in [0.1, 0.15) is 31.9 Å². The predicted molar refractivity (Wildman–Crippen MR) is 86.3 cm³/mol. The molecule has 4 heteroatoms. The highest BCUT2D eigenvalue weighted by Crippen LogP contribution is 2.31. The molecule has 1 aromatic carbocycles. The van der Waals surface area contributed by atoms with Crippen LogP contribution in [-0.4, -0.2) is 9.97 Å². The van der Waals surface area contributed by atoms with Gasteiger partial charge in [0, 0.05) is 16.1 Å². The maximum atomic E-state index is 12.1. The van der Waals surface area contributed by atoms with Gasteiger partial charge in [0.1, 0.15) is 0 Å². The van der Waals surface area contributed by atoms with Crippen molar-refractivity contribution in [1.82, 2.24) is 9.97 Å². The van der Waals surface area contributed by atoms with Gasteiger partial charge in [-0.15, -0.1) is 0 Å². The summed E-state index contributed by atoms with van der Waals surface area (Å²) in [6.45, 7) is 4.32. The Morgan fingerprint density at radius 2 is 2.10 bits per heavy atom. The van der Waals surface area contributed by atoms with Crippen molar-refractivity contribution in [1.29, 1.82) is 0 Å². The van der Waals surface area contributed by atoms with Gasteiger partial charge < -0.3 is 4.98 Å². The average molecular weight is 331 g/mol. The van der Waals surface area contributed by atoms with Gasteiger partial charge in [0.2, 0.25) is 0 Å². The first-order valence-corrected chi connectivity index (χ1v) is 7.51. The third-order valence-electron chi connectivity index (χ3n) is 3.79. The molecular weight excluding hydrogens is 316 g/mol. The number of H-pyrrole nitrogens is 1. The molecule has 0 fully saturated rings. The first-order valence-electron chi connectivity index (χ1n) is 6.72. The zero-order valence-electron chi connectivity index (χ0n) is 11.4. The number of halogens is 1. The van der Waals surface area contributed by atoms with Crippen LogP contribution in [0.3, 0.4) is 0 Å². The van der Waals surface area contributed by atoms with E-state index in [1.54, 1.807) is 6.20 Å². The van der Waals surface area contributed by atoms with Gasteiger partial charge in [0.15, 0.2) is 0 Å². The Bertz CT molecular complexity index is 854. The molecule has 0 aliphatic rings. The summed E-state index contributed by atoms with van der Waals surface area (Å²) < 4.78 is 0.968. The van der Waals surface area contributed by atoms with Crippen LogP contribution in [0.25, 0.3) is 21.7 Å². The molecule has 0 aliphatic carbocycles. The van der Waals surface area contributed by atoms with Gasteiger partial charge in [-0.2, -0.15) is 0 Å². The average Bonchev–Trinajstić information content (AvgIpc) is 2.45. The first-order chi connectivity index (χ1) is 9.61. The zero-order chi connectivity index (χ0) is 14.3. The number of fused-ring (bicyclic) bond motifs is 3. The fraction of sp³-hybridized carbons (Fsp3) is 0.250. The number of benzene rings is 1. The van der Waals surface area contributed by atoms with Crippen molar-refractivity contribution < 1.29 is 0 Å². The Hall–Kier alpha value is -1.68. The number of pyridine rings is 2. The number of nitrogens with one attached hydrogen (secondary N) is 1. The summed E-state index contributed by atoms with van der Waals surface area (Å²) in [4.78, 5) is 19.6. The number of aromatic nitrogens is 2. The molecule has 1 atom stereocenters. The lowest BCUT2D eigenvalue weighted by atomic mass is 9.96. The summed E-state index contributed by atoms with van der Waals surface area (Å²) in [5, 5.41) is 2.68. The minimum absolute atomic E-state index is 0.0891. The van der Waals surface area contributed by atoms with Crippen molar-refractivity contribution in [3.63, 3.8) is 0 Å². The molecule has 1 unspecified atom stereocenters.